The van der Waals surface area contributed by atoms with E-state index in [9.17, 15) is 0 Å². The first-order valence-electron chi connectivity index (χ1n) is 22.0. The van der Waals surface area contributed by atoms with Gasteiger partial charge in [-0.2, -0.15) is 0 Å². The van der Waals surface area contributed by atoms with Crippen LogP contribution in [0.25, 0.3) is 71.3 Å². The summed E-state index contributed by atoms with van der Waals surface area (Å²) in [5.74, 6) is 1.85. The lowest BCUT2D eigenvalue weighted by Gasteiger charge is -2.35. The molecule has 4 heteroatoms. The monoisotopic (exact) mass is 802 g/mol. The normalized spacial score (nSPS) is 13.8. The van der Waals surface area contributed by atoms with Gasteiger partial charge in [-0.05, 0) is 121 Å². The second kappa shape index (κ2) is 12.6. The summed E-state index contributed by atoms with van der Waals surface area (Å²) in [7, 11) is 0. The molecule has 14 rings (SSSR count). The number of fused-ring (bicyclic) bond motifs is 13. The Morgan fingerprint density at radius 3 is 1.94 bits per heavy atom. The van der Waals surface area contributed by atoms with Gasteiger partial charge < -0.3 is 14.2 Å². The van der Waals surface area contributed by atoms with Crippen molar-refractivity contribution in [2.24, 2.45) is 0 Å². The molecule has 11 aromatic rings. The Hall–Kier alpha value is -7.82. The third-order valence-corrected chi connectivity index (χ3v) is 14.4. The minimum absolute atomic E-state index is 0.00963. The highest BCUT2D eigenvalue weighted by atomic mass is 16.5. The number of para-hydroxylation sites is 4. The molecule has 0 unspecified atom stereocenters. The van der Waals surface area contributed by atoms with Gasteiger partial charge in [-0.1, -0.05) is 159 Å². The number of ether oxygens (including phenoxy) is 1. The molecular weight excluding hydrogens is 763 g/mol. The van der Waals surface area contributed by atoms with E-state index in [-0.39, 0.29) is 12.1 Å². The molecule has 3 nitrogen and oxygen atoms in total. The topological polar surface area (TPSA) is 17.4 Å². The summed E-state index contributed by atoms with van der Waals surface area (Å²) in [6, 6.07) is 73.8. The molecule has 3 aliphatic rings. The van der Waals surface area contributed by atoms with Crippen LogP contribution in [0.4, 0.5) is 17.1 Å². The second-order valence-corrected chi connectivity index (χ2v) is 18.0. The molecule has 63 heavy (non-hydrogen) atoms. The molecule has 294 valence electrons. The minimum atomic E-state index is -0.297. The molecule has 2 aliphatic heterocycles. The smallest absolute Gasteiger partial charge is 0.256 e. The zero-order chi connectivity index (χ0) is 41.6. The molecule has 0 bridgehead atoms. The van der Waals surface area contributed by atoms with Crippen LogP contribution in [0.5, 0.6) is 11.5 Å². The summed E-state index contributed by atoms with van der Waals surface area (Å²) in [5.41, 5.74) is 18.2. The van der Waals surface area contributed by atoms with E-state index in [1.807, 2.05) is 0 Å². The van der Waals surface area contributed by atoms with Gasteiger partial charge in [0.1, 0.15) is 11.5 Å². The zero-order valence-corrected chi connectivity index (χ0v) is 34.9. The molecule has 0 amide bonds. The lowest BCUT2D eigenvalue weighted by molar-refractivity contribution is 0.487. The Kier molecular flexibility index (Phi) is 6.98. The van der Waals surface area contributed by atoms with Gasteiger partial charge in [-0.25, -0.2) is 0 Å². The van der Waals surface area contributed by atoms with Crippen molar-refractivity contribution < 1.29 is 4.74 Å². The Labute approximate surface area is 366 Å². The van der Waals surface area contributed by atoms with Crippen molar-refractivity contribution in [2.45, 2.75) is 19.3 Å². The van der Waals surface area contributed by atoms with Crippen LogP contribution in [0.15, 0.2) is 200 Å². The highest BCUT2D eigenvalue weighted by Gasteiger charge is 2.45. The molecule has 10 aromatic carbocycles. The number of hydrogen-bond acceptors (Lipinski definition) is 2. The van der Waals surface area contributed by atoms with E-state index < -0.39 is 0 Å². The van der Waals surface area contributed by atoms with E-state index in [0.29, 0.717) is 0 Å². The van der Waals surface area contributed by atoms with Crippen molar-refractivity contribution >= 4 is 83.5 Å². The highest BCUT2D eigenvalue weighted by molar-refractivity contribution is 6.99. The van der Waals surface area contributed by atoms with E-state index in [1.165, 1.54) is 98.9 Å². The molecule has 0 atom stereocenters. The van der Waals surface area contributed by atoms with E-state index in [2.05, 4.69) is 224 Å². The van der Waals surface area contributed by atoms with Gasteiger partial charge in [0.15, 0.2) is 0 Å². The average Bonchev–Trinajstić information content (AvgIpc) is 3.78. The standard InChI is InChI=1S/C59H39BN2O/c1-59(2)47-34-50-54(33-46(47)56-44-26-12-11-24-42(44)52(35-48(56)59)61(38-19-5-3-6-20-38)39-21-7-4-8-22-39)63-55-32-37(41-27-15-18-36-17-9-10-23-40(36)41)31-53-57(55)60(50)49-29-16-28-45-43-25-13-14-30-51(43)62(53)58(45)49/h3-35H,1-2H3. The van der Waals surface area contributed by atoms with Crippen molar-refractivity contribution in [3.05, 3.63) is 211 Å². The molecule has 1 aromatic heterocycles. The van der Waals surface area contributed by atoms with Crippen LogP contribution in [0.3, 0.4) is 0 Å². The molecular formula is C59H39BN2O. The predicted octanol–water partition coefficient (Wildman–Crippen LogP) is 13.5. The van der Waals surface area contributed by atoms with Crippen molar-refractivity contribution in [1.29, 1.82) is 0 Å². The van der Waals surface area contributed by atoms with Crippen molar-refractivity contribution in [1.82, 2.24) is 4.57 Å². The summed E-state index contributed by atoms with van der Waals surface area (Å²) in [5, 5.41) is 7.48. The quantitative estimate of drug-likeness (QED) is 0.165. The highest BCUT2D eigenvalue weighted by Crippen LogP contribution is 2.55. The Morgan fingerprint density at radius 2 is 1.14 bits per heavy atom. The number of benzene rings is 10. The fourth-order valence-electron chi connectivity index (χ4n) is 11.6. The maximum absolute atomic E-state index is 7.37. The molecule has 0 radical (unpaired) electrons. The molecule has 0 saturated heterocycles. The van der Waals surface area contributed by atoms with Crippen LogP contribution in [0.1, 0.15) is 25.0 Å². The van der Waals surface area contributed by atoms with E-state index >= 15 is 0 Å². The number of rotatable bonds is 4. The first-order chi connectivity index (χ1) is 31.0. The van der Waals surface area contributed by atoms with Gasteiger partial charge >= 0.3 is 0 Å². The van der Waals surface area contributed by atoms with Gasteiger partial charge in [0.2, 0.25) is 0 Å². The fraction of sp³-hybridized carbons (Fsp3) is 0.0508. The predicted molar refractivity (Wildman–Crippen MR) is 265 cm³/mol. The van der Waals surface area contributed by atoms with Crippen LogP contribution >= 0.6 is 0 Å². The van der Waals surface area contributed by atoms with Crippen LogP contribution < -0.4 is 26.0 Å². The summed E-state index contributed by atoms with van der Waals surface area (Å²) < 4.78 is 9.89. The van der Waals surface area contributed by atoms with E-state index in [1.54, 1.807) is 0 Å². The molecule has 1 aliphatic carbocycles. The van der Waals surface area contributed by atoms with Crippen LogP contribution in [-0.2, 0) is 5.41 Å². The molecule has 3 heterocycles. The number of aromatic nitrogens is 1. The third kappa shape index (κ3) is 4.70. The first kappa shape index (κ1) is 34.8. The molecule has 0 spiro atoms. The minimum Gasteiger partial charge on any atom is -0.458 e. The molecule has 0 saturated carbocycles. The summed E-state index contributed by atoms with van der Waals surface area (Å²) in [6.45, 7) is 4.82. The van der Waals surface area contributed by atoms with Gasteiger partial charge in [0.25, 0.3) is 6.71 Å². The molecule has 0 N–H and O–H groups in total. The van der Waals surface area contributed by atoms with Gasteiger partial charge in [-0.3, -0.25) is 0 Å². The maximum Gasteiger partial charge on any atom is 0.256 e. The average molecular weight is 803 g/mol. The molecule has 0 fully saturated rings. The lowest BCUT2D eigenvalue weighted by atomic mass is 9.34. The summed E-state index contributed by atoms with van der Waals surface area (Å²) >= 11 is 0. The van der Waals surface area contributed by atoms with Gasteiger partial charge in [0, 0.05) is 44.2 Å². The first-order valence-corrected chi connectivity index (χ1v) is 22.0. The van der Waals surface area contributed by atoms with E-state index in [4.69, 9.17) is 4.74 Å². The Bertz CT molecular complexity index is 3710. The fourth-order valence-corrected chi connectivity index (χ4v) is 11.6. The summed E-state index contributed by atoms with van der Waals surface area (Å²) in [4.78, 5) is 2.42. The number of anilines is 3. The van der Waals surface area contributed by atoms with Crippen molar-refractivity contribution in [3.63, 3.8) is 0 Å². The van der Waals surface area contributed by atoms with Crippen LogP contribution in [0, 0.1) is 0 Å². The number of nitrogens with zero attached hydrogens (tertiary/aromatic N) is 2. The number of hydrogen-bond donors (Lipinski definition) is 0. The Balaban J connectivity index is 1.04. The van der Waals surface area contributed by atoms with Gasteiger partial charge in [-0.15, -0.1) is 0 Å². The van der Waals surface area contributed by atoms with Crippen LogP contribution in [-0.4, -0.2) is 11.3 Å². The van der Waals surface area contributed by atoms with Crippen LogP contribution in [0.2, 0.25) is 0 Å². The summed E-state index contributed by atoms with van der Waals surface area (Å²) in [6.07, 6.45) is 0. The largest absolute Gasteiger partial charge is 0.458 e. The SMILES string of the molecule is CC1(C)c2cc3c(cc2-c2c1cc(N(c1ccccc1)c1ccccc1)c1ccccc21)Oc1cc(-c2cccc4ccccc24)cc2c1B3c1cccc3c4ccccc4n-2c13. The lowest BCUT2D eigenvalue weighted by Crippen LogP contribution is -2.58. The van der Waals surface area contributed by atoms with Crippen molar-refractivity contribution in [2.75, 3.05) is 4.90 Å². The maximum atomic E-state index is 7.37. The third-order valence-electron chi connectivity index (χ3n) is 14.4. The second-order valence-electron chi connectivity index (χ2n) is 18.0. The van der Waals surface area contributed by atoms with Crippen molar-refractivity contribution in [3.8, 4) is 39.4 Å². The Morgan fingerprint density at radius 1 is 0.492 bits per heavy atom. The van der Waals surface area contributed by atoms with E-state index in [0.717, 1.165) is 28.4 Å². The zero-order valence-electron chi connectivity index (χ0n) is 34.9. The van der Waals surface area contributed by atoms with Gasteiger partial charge in [0.05, 0.1) is 11.2 Å².